The second-order valence-electron chi connectivity index (χ2n) is 10.2. The lowest BCUT2D eigenvalue weighted by molar-refractivity contribution is 0.00526. The average molecular weight is 393 g/mol. The first-order chi connectivity index (χ1) is 13.8. The third kappa shape index (κ3) is 10.1. The highest BCUT2D eigenvalue weighted by atomic mass is 16.5. The summed E-state index contributed by atoms with van der Waals surface area (Å²) in [5, 5.41) is 0. The van der Waals surface area contributed by atoms with Gasteiger partial charge in [0.15, 0.2) is 0 Å². The van der Waals surface area contributed by atoms with Gasteiger partial charge in [0.05, 0.1) is 6.10 Å². The van der Waals surface area contributed by atoms with Gasteiger partial charge in [-0.25, -0.2) is 0 Å². The summed E-state index contributed by atoms with van der Waals surface area (Å²) in [4.78, 5) is 0. The molecule has 2 fully saturated rings. The number of ether oxygens (including phenoxy) is 1. The highest BCUT2D eigenvalue weighted by Crippen LogP contribution is 2.41. The van der Waals surface area contributed by atoms with Gasteiger partial charge in [-0.05, 0) is 62.7 Å². The molecule has 0 bridgehead atoms. The van der Waals surface area contributed by atoms with Gasteiger partial charge in [-0.15, -0.1) is 0 Å². The van der Waals surface area contributed by atoms with Gasteiger partial charge in [0.1, 0.15) is 0 Å². The third-order valence-electron chi connectivity index (χ3n) is 7.84. The molecule has 0 atom stereocenters. The van der Waals surface area contributed by atoms with Gasteiger partial charge in [0.2, 0.25) is 0 Å². The summed E-state index contributed by atoms with van der Waals surface area (Å²) >= 11 is 0. The Morgan fingerprint density at radius 2 is 1.04 bits per heavy atom. The van der Waals surface area contributed by atoms with Crippen LogP contribution in [0.3, 0.4) is 0 Å². The maximum Gasteiger partial charge on any atom is 0.0575 e. The standard InChI is InChI=1S/C27H52O/c1-3-5-7-8-9-10-11-13-23-28-27-21-19-26(20-22-27)25-17-15-24(16-18-25)14-12-6-4-2/h24-27H,3-23H2,1-2H3/t24-,25-,26-,27-. The minimum Gasteiger partial charge on any atom is -0.378 e. The van der Waals surface area contributed by atoms with Gasteiger partial charge in [-0.2, -0.15) is 0 Å². The number of hydrogen-bond donors (Lipinski definition) is 0. The molecule has 0 radical (unpaired) electrons. The van der Waals surface area contributed by atoms with E-state index in [-0.39, 0.29) is 0 Å². The molecule has 0 saturated heterocycles. The molecule has 0 amide bonds. The molecule has 0 unspecified atom stereocenters. The molecule has 1 heteroatoms. The van der Waals surface area contributed by atoms with Gasteiger partial charge in [0.25, 0.3) is 0 Å². The topological polar surface area (TPSA) is 9.23 Å². The molecule has 2 rings (SSSR count). The van der Waals surface area contributed by atoms with Gasteiger partial charge in [-0.1, -0.05) is 97.3 Å². The van der Waals surface area contributed by atoms with Gasteiger partial charge in [0, 0.05) is 6.61 Å². The zero-order chi connectivity index (χ0) is 19.9. The summed E-state index contributed by atoms with van der Waals surface area (Å²) in [7, 11) is 0. The summed E-state index contributed by atoms with van der Waals surface area (Å²) in [6.45, 7) is 5.64. The summed E-state index contributed by atoms with van der Waals surface area (Å²) in [5.41, 5.74) is 0. The van der Waals surface area contributed by atoms with Crippen molar-refractivity contribution >= 4 is 0 Å². The highest BCUT2D eigenvalue weighted by Gasteiger charge is 2.30. The monoisotopic (exact) mass is 392 g/mol. The van der Waals surface area contributed by atoms with Crippen molar-refractivity contribution in [3.05, 3.63) is 0 Å². The quantitative estimate of drug-likeness (QED) is 0.252. The molecular formula is C27H52O. The predicted octanol–water partition coefficient (Wildman–Crippen LogP) is 9.09. The molecule has 0 aliphatic heterocycles. The average Bonchev–Trinajstić information content (AvgIpc) is 2.74. The molecule has 0 aromatic rings. The van der Waals surface area contributed by atoms with Crippen LogP contribution in [0.4, 0.5) is 0 Å². The Morgan fingerprint density at radius 1 is 0.536 bits per heavy atom. The van der Waals surface area contributed by atoms with E-state index in [2.05, 4.69) is 13.8 Å². The molecule has 2 saturated carbocycles. The summed E-state index contributed by atoms with van der Waals surface area (Å²) in [6.07, 6.45) is 29.3. The fourth-order valence-corrected chi connectivity index (χ4v) is 5.84. The van der Waals surface area contributed by atoms with Crippen LogP contribution in [0.1, 0.15) is 142 Å². The second kappa shape index (κ2) is 15.8. The first-order valence-corrected chi connectivity index (χ1v) is 13.4. The van der Waals surface area contributed by atoms with E-state index in [4.69, 9.17) is 4.74 Å². The van der Waals surface area contributed by atoms with Crippen LogP contribution in [-0.2, 0) is 4.74 Å². The molecule has 2 aliphatic carbocycles. The Labute approximate surface area is 177 Å². The van der Waals surface area contributed by atoms with Crippen molar-refractivity contribution in [1.82, 2.24) is 0 Å². The van der Waals surface area contributed by atoms with Crippen molar-refractivity contribution in [1.29, 1.82) is 0 Å². The third-order valence-corrected chi connectivity index (χ3v) is 7.84. The van der Waals surface area contributed by atoms with E-state index in [9.17, 15) is 0 Å². The SMILES string of the molecule is CCCCCCCCCCO[C@H]1CC[C@H]([C@H]2CC[C@H](CCCCC)CC2)CC1. The molecule has 0 heterocycles. The molecule has 0 aromatic heterocycles. The first kappa shape index (κ1) is 24.2. The molecule has 0 N–H and O–H groups in total. The summed E-state index contributed by atoms with van der Waals surface area (Å²) < 4.78 is 6.24. The predicted molar refractivity (Wildman–Crippen MR) is 124 cm³/mol. The minimum atomic E-state index is 0.589. The van der Waals surface area contributed by atoms with E-state index in [1.807, 2.05) is 0 Å². The Balaban J connectivity index is 1.44. The van der Waals surface area contributed by atoms with Crippen LogP contribution in [0.25, 0.3) is 0 Å². The smallest absolute Gasteiger partial charge is 0.0575 e. The molecule has 28 heavy (non-hydrogen) atoms. The van der Waals surface area contributed by atoms with Crippen molar-refractivity contribution in [2.24, 2.45) is 17.8 Å². The van der Waals surface area contributed by atoms with Crippen LogP contribution in [0, 0.1) is 17.8 Å². The van der Waals surface area contributed by atoms with Crippen LogP contribution in [0.5, 0.6) is 0 Å². The van der Waals surface area contributed by atoms with Crippen molar-refractivity contribution in [3.8, 4) is 0 Å². The van der Waals surface area contributed by atoms with Crippen LogP contribution < -0.4 is 0 Å². The van der Waals surface area contributed by atoms with Crippen LogP contribution in [-0.4, -0.2) is 12.7 Å². The van der Waals surface area contributed by atoms with Gasteiger partial charge < -0.3 is 4.74 Å². The normalized spacial score (nSPS) is 28.5. The maximum atomic E-state index is 6.24. The van der Waals surface area contributed by atoms with E-state index >= 15 is 0 Å². The second-order valence-corrected chi connectivity index (χ2v) is 10.2. The van der Waals surface area contributed by atoms with Crippen LogP contribution in [0.15, 0.2) is 0 Å². The van der Waals surface area contributed by atoms with Gasteiger partial charge in [-0.3, -0.25) is 0 Å². The summed E-state index contributed by atoms with van der Waals surface area (Å²) in [6, 6.07) is 0. The lowest BCUT2D eigenvalue weighted by Crippen LogP contribution is -2.28. The Hall–Kier alpha value is -0.0400. The molecule has 2 aliphatic rings. The van der Waals surface area contributed by atoms with Crippen LogP contribution >= 0.6 is 0 Å². The zero-order valence-electron chi connectivity index (χ0n) is 19.6. The Bertz CT molecular complexity index is 336. The lowest BCUT2D eigenvalue weighted by atomic mass is 9.70. The fraction of sp³-hybridized carbons (Fsp3) is 1.00. The number of unbranched alkanes of at least 4 members (excludes halogenated alkanes) is 9. The van der Waals surface area contributed by atoms with E-state index in [0.717, 1.165) is 24.4 Å². The van der Waals surface area contributed by atoms with E-state index in [0.29, 0.717) is 6.10 Å². The first-order valence-electron chi connectivity index (χ1n) is 13.4. The van der Waals surface area contributed by atoms with Crippen molar-refractivity contribution in [2.75, 3.05) is 6.61 Å². The Kier molecular flexibility index (Phi) is 13.6. The van der Waals surface area contributed by atoms with Crippen molar-refractivity contribution in [3.63, 3.8) is 0 Å². The molecule has 166 valence electrons. The van der Waals surface area contributed by atoms with Crippen molar-refractivity contribution < 1.29 is 4.74 Å². The fourth-order valence-electron chi connectivity index (χ4n) is 5.84. The minimum absolute atomic E-state index is 0.589. The van der Waals surface area contributed by atoms with E-state index in [1.54, 1.807) is 0 Å². The van der Waals surface area contributed by atoms with Crippen molar-refractivity contribution in [2.45, 2.75) is 148 Å². The largest absolute Gasteiger partial charge is 0.378 e. The molecule has 0 aromatic carbocycles. The van der Waals surface area contributed by atoms with E-state index in [1.165, 1.54) is 128 Å². The molecular weight excluding hydrogens is 340 g/mol. The molecule has 0 spiro atoms. The lowest BCUT2D eigenvalue weighted by Gasteiger charge is -2.38. The number of hydrogen-bond acceptors (Lipinski definition) is 1. The van der Waals surface area contributed by atoms with E-state index < -0.39 is 0 Å². The summed E-state index contributed by atoms with van der Waals surface area (Å²) in [5.74, 6) is 3.14. The van der Waals surface area contributed by atoms with Gasteiger partial charge >= 0.3 is 0 Å². The molecule has 1 nitrogen and oxygen atoms in total. The number of rotatable bonds is 15. The van der Waals surface area contributed by atoms with Crippen LogP contribution in [0.2, 0.25) is 0 Å². The highest BCUT2D eigenvalue weighted by molar-refractivity contribution is 4.82. The Morgan fingerprint density at radius 3 is 1.64 bits per heavy atom. The zero-order valence-corrected chi connectivity index (χ0v) is 19.6. The maximum absolute atomic E-state index is 6.24.